The van der Waals surface area contributed by atoms with Crippen molar-refractivity contribution in [2.45, 2.75) is 214 Å². The van der Waals surface area contributed by atoms with Gasteiger partial charge in [0.2, 0.25) is 0 Å². The predicted molar refractivity (Wildman–Crippen MR) is 239 cm³/mol. The molecule has 0 rings (SSSR count). The lowest BCUT2D eigenvalue weighted by Gasteiger charge is -2.20. The minimum absolute atomic E-state index is 0.0283. The first kappa shape index (κ1) is 54.6. The van der Waals surface area contributed by atoms with Crippen molar-refractivity contribution in [3.05, 3.63) is 24.3 Å². The fourth-order valence-electron chi connectivity index (χ4n) is 7.00. The summed E-state index contributed by atoms with van der Waals surface area (Å²) in [6.45, 7) is 14.0. The molecule has 1 atom stereocenters. The lowest BCUT2D eigenvalue weighted by atomic mass is 9.91. The van der Waals surface area contributed by atoms with Crippen LogP contribution in [0, 0.1) is 11.8 Å². The van der Waals surface area contributed by atoms with Gasteiger partial charge in [0, 0.05) is 19.4 Å². The Morgan fingerprint density at radius 1 is 0.474 bits per heavy atom. The molecule has 0 aromatic rings. The van der Waals surface area contributed by atoms with Crippen LogP contribution >= 0.6 is 0 Å². The summed E-state index contributed by atoms with van der Waals surface area (Å²) in [5.41, 5.74) is 0. The van der Waals surface area contributed by atoms with Gasteiger partial charge in [-0.2, -0.15) is 0 Å². The summed E-state index contributed by atoms with van der Waals surface area (Å²) in [5, 5.41) is 0. The van der Waals surface area contributed by atoms with Gasteiger partial charge in [-0.25, -0.2) is 4.79 Å². The van der Waals surface area contributed by atoms with Gasteiger partial charge in [-0.05, 0) is 76.8 Å². The molecule has 0 heterocycles. The van der Waals surface area contributed by atoms with Crippen molar-refractivity contribution in [3.8, 4) is 0 Å². The summed E-state index contributed by atoms with van der Waals surface area (Å²) in [6, 6.07) is 0. The highest BCUT2D eigenvalue weighted by atomic mass is 16.7. The number of nitrogens with zero attached hydrogens (tertiary/aromatic N) is 1. The van der Waals surface area contributed by atoms with E-state index in [1.807, 2.05) is 0 Å². The molecule has 0 N–H and O–H groups in total. The molecular weight excluding hydrogens is 715 g/mol. The first-order chi connectivity index (χ1) is 27.9. The standard InChI is InChI=1S/C49H91NO7/c1-6-11-14-17-20-21-22-23-24-25-26-27-28-31-34-38-47(51)55-42-46(44-57-49(53)54-40-35-39-50(9-4)10-5)43-56-48(52)41-45(36-32-29-18-15-12-7-2)37-33-30-19-16-13-8-3/h20-21,23-24,45-46H,6-19,22,25-44H2,1-5H3. The number of ether oxygens (including phenoxy) is 4. The summed E-state index contributed by atoms with van der Waals surface area (Å²) in [5.74, 6) is -0.634. The topological polar surface area (TPSA) is 91.4 Å². The molecular formula is C49H91NO7. The first-order valence-electron chi connectivity index (χ1n) is 24.0. The van der Waals surface area contributed by atoms with Gasteiger partial charge in [0.15, 0.2) is 0 Å². The predicted octanol–water partition coefficient (Wildman–Crippen LogP) is 13.9. The Morgan fingerprint density at radius 2 is 0.947 bits per heavy atom. The Balaban J connectivity index is 4.84. The second-order valence-corrected chi connectivity index (χ2v) is 16.2. The fourth-order valence-corrected chi connectivity index (χ4v) is 7.00. The monoisotopic (exact) mass is 806 g/mol. The fraction of sp³-hybridized carbons (Fsp3) is 0.857. The maximum atomic E-state index is 13.2. The van der Waals surface area contributed by atoms with E-state index in [-0.39, 0.29) is 38.4 Å². The SMILES string of the molecule is CCCCCC=CCC=CCCCCCCCC(=O)OCC(COC(=O)CC(CCCCCCCC)CCCCCCCC)COC(=O)OCCCN(CC)CC. The van der Waals surface area contributed by atoms with Crippen molar-refractivity contribution in [1.29, 1.82) is 0 Å². The van der Waals surface area contributed by atoms with Crippen LogP contribution in [-0.4, -0.2) is 69.1 Å². The summed E-state index contributed by atoms with van der Waals surface area (Å²) in [6.07, 6.45) is 39.2. The zero-order chi connectivity index (χ0) is 41.9. The number of hydrogen-bond donors (Lipinski definition) is 0. The molecule has 0 aromatic carbocycles. The van der Waals surface area contributed by atoms with Crippen LogP contribution in [0.5, 0.6) is 0 Å². The molecule has 0 aliphatic carbocycles. The third-order valence-corrected chi connectivity index (χ3v) is 10.8. The zero-order valence-electron chi connectivity index (χ0n) is 38.0. The van der Waals surface area contributed by atoms with Gasteiger partial charge in [0.05, 0.1) is 12.5 Å². The number of carbonyl (C=O) groups is 3. The number of carbonyl (C=O) groups excluding carboxylic acids is 3. The van der Waals surface area contributed by atoms with Gasteiger partial charge in [0.25, 0.3) is 0 Å². The van der Waals surface area contributed by atoms with Crippen LogP contribution in [0.15, 0.2) is 24.3 Å². The highest BCUT2D eigenvalue weighted by molar-refractivity contribution is 5.70. The summed E-state index contributed by atoms with van der Waals surface area (Å²) in [7, 11) is 0. The number of rotatable bonds is 42. The average Bonchev–Trinajstić information content (AvgIpc) is 3.21. The Morgan fingerprint density at radius 3 is 1.53 bits per heavy atom. The van der Waals surface area contributed by atoms with Gasteiger partial charge < -0.3 is 23.8 Å². The van der Waals surface area contributed by atoms with Gasteiger partial charge in [-0.15, -0.1) is 0 Å². The third kappa shape index (κ3) is 38.9. The lowest BCUT2D eigenvalue weighted by Crippen LogP contribution is -2.27. The van der Waals surface area contributed by atoms with E-state index in [0.29, 0.717) is 18.8 Å². The molecule has 0 spiro atoms. The highest BCUT2D eigenvalue weighted by Crippen LogP contribution is 2.23. The maximum absolute atomic E-state index is 13.2. The van der Waals surface area contributed by atoms with Crippen LogP contribution in [-0.2, 0) is 28.5 Å². The number of esters is 2. The molecule has 334 valence electrons. The normalized spacial score (nSPS) is 12.3. The summed E-state index contributed by atoms with van der Waals surface area (Å²) < 4.78 is 22.1. The Kier molecular flexibility index (Phi) is 41.5. The molecule has 0 aliphatic rings. The van der Waals surface area contributed by atoms with E-state index >= 15 is 0 Å². The minimum atomic E-state index is -0.750. The number of hydrogen-bond acceptors (Lipinski definition) is 8. The van der Waals surface area contributed by atoms with Crippen LogP contribution in [0.4, 0.5) is 4.79 Å². The lowest BCUT2D eigenvalue weighted by molar-refractivity contribution is -0.150. The van der Waals surface area contributed by atoms with Gasteiger partial charge in [0.1, 0.15) is 19.8 Å². The molecule has 1 unspecified atom stereocenters. The Labute approximate surface area is 352 Å². The molecule has 0 aliphatic heterocycles. The van der Waals surface area contributed by atoms with Crippen molar-refractivity contribution in [2.75, 3.05) is 46.1 Å². The van der Waals surface area contributed by atoms with Crippen LogP contribution < -0.4 is 0 Å². The molecule has 0 saturated carbocycles. The van der Waals surface area contributed by atoms with Crippen LogP contribution in [0.1, 0.15) is 214 Å². The second kappa shape index (κ2) is 43.2. The van der Waals surface area contributed by atoms with Crippen LogP contribution in [0.25, 0.3) is 0 Å². The highest BCUT2D eigenvalue weighted by Gasteiger charge is 2.20. The van der Waals surface area contributed by atoms with E-state index in [9.17, 15) is 14.4 Å². The molecule has 0 saturated heterocycles. The summed E-state index contributed by atoms with van der Waals surface area (Å²) >= 11 is 0. The molecule has 0 aromatic heterocycles. The van der Waals surface area contributed by atoms with Crippen molar-refractivity contribution < 1.29 is 33.3 Å². The van der Waals surface area contributed by atoms with E-state index in [1.54, 1.807) is 0 Å². The van der Waals surface area contributed by atoms with E-state index in [1.165, 1.54) is 96.3 Å². The number of allylic oxidation sites excluding steroid dienone is 4. The number of unbranched alkanes of at least 4 members (excludes halogenated alkanes) is 18. The van der Waals surface area contributed by atoms with Crippen molar-refractivity contribution in [1.82, 2.24) is 4.90 Å². The van der Waals surface area contributed by atoms with Crippen LogP contribution in [0.3, 0.4) is 0 Å². The zero-order valence-corrected chi connectivity index (χ0v) is 38.0. The van der Waals surface area contributed by atoms with E-state index in [0.717, 1.165) is 90.3 Å². The second-order valence-electron chi connectivity index (χ2n) is 16.2. The van der Waals surface area contributed by atoms with E-state index < -0.39 is 12.1 Å². The van der Waals surface area contributed by atoms with Crippen LogP contribution in [0.2, 0.25) is 0 Å². The molecule has 0 bridgehead atoms. The smallest absolute Gasteiger partial charge is 0.465 e. The molecule has 0 amide bonds. The molecule has 0 radical (unpaired) electrons. The molecule has 8 heteroatoms. The Bertz CT molecular complexity index is 947. The van der Waals surface area contributed by atoms with Crippen molar-refractivity contribution in [2.24, 2.45) is 11.8 Å². The van der Waals surface area contributed by atoms with E-state index in [2.05, 4.69) is 63.8 Å². The van der Waals surface area contributed by atoms with Crippen molar-refractivity contribution in [3.63, 3.8) is 0 Å². The largest absolute Gasteiger partial charge is 0.508 e. The maximum Gasteiger partial charge on any atom is 0.508 e. The molecule has 57 heavy (non-hydrogen) atoms. The Hall–Kier alpha value is -2.35. The van der Waals surface area contributed by atoms with Crippen molar-refractivity contribution >= 4 is 18.1 Å². The third-order valence-electron chi connectivity index (χ3n) is 10.8. The first-order valence-corrected chi connectivity index (χ1v) is 24.0. The van der Waals surface area contributed by atoms with E-state index in [4.69, 9.17) is 18.9 Å². The van der Waals surface area contributed by atoms with Gasteiger partial charge >= 0.3 is 18.1 Å². The average molecular weight is 806 g/mol. The minimum Gasteiger partial charge on any atom is -0.465 e. The molecule has 8 nitrogen and oxygen atoms in total. The molecule has 0 fully saturated rings. The van der Waals surface area contributed by atoms with Gasteiger partial charge in [-0.1, -0.05) is 168 Å². The summed E-state index contributed by atoms with van der Waals surface area (Å²) in [4.78, 5) is 40.5. The van der Waals surface area contributed by atoms with Gasteiger partial charge in [-0.3, -0.25) is 9.59 Å². The quantitative estimate of drug-likeness (QED) is 0.0261.